The predicted octanol–water partition coefficient (Wildman–Crippen LogP) is 3.66. The van der Waals surface area contributed by atoms with Gasteiger partial charge in [-0.3, -0.25) is 0 Å². The van der Waals surface area contributed by atoms with Gasteiger partial charge in [-0.1, -0.05) is 51.1 Å². The first kappa shape index (κ1) is 13.9. The second-order valence-electron chi connectivity index (χ2n) is 6.25. The molecule has 1 unspecified atom stereocenters. The van der Waals surface area contributed by atoms with E-state index in [0.717, 1.165) is 5.70 Å². The van der Waals surface area contributed by atoms with Gasteiger partial charge in [0.1, 0.15) is 0 Å². The van der Waals surface area contributed by atoms with Gasteiger partial charge in [-0.05, 0) is 28.7 Å². The SMILES string of the molecule is CC(C)c1ccccc1C1=CC2CNC(=O)NC(=C1)[C@@H]2C. The molecule has 0 saturated carbocycles. The predicted molar refractivity (Wildman–Crippen MR) is 85.8 cm³/mol. The molecule has 21 heavy (non-hydrogen) atoms. The van der Waals surface area contributed by atoms with Gasteiger partial charge in [-0.2, -0.15) is 0 Å². The molecule has 2 N–H and O–H groups in total. The second-order valence-corrected chi connectivity index (χ2v) is 6.25. The van der Waals surface area contributed by atoms with Crippen molar-refractivity contribution in [1.29, 1.82) is 0 Å². The largest absolute Gasteiger partial charge is 0.337 e. The molecule has 1 fully saturated rings. The zero-order valence-corrected chi connectivity index (χ0v) is 12.8. The Balaban J connectivity index is 2.06. The van der Waals surface area contributed by atoms with Crippen LogP contribution in [0.15, 0.2) is 42.1 Å². The Morgan fingerprint density at radius 1 is 1.24 bits per heavy atom. The molecule has 2 atom stereocenters. The van der Waals surface area contributed by atoms with Crippen molar-refractivity contribution in [2.45, 2.75) is 26.7 Å². The second kappa shape index (κ2) is 5.40. The smallest absolute Gasteiger partial charge is 0.319 e. The summed E-state index contributed by atoms with van der Waals surface area (Å²) >= 11 is 0. The summed E-state index contributed by atoms with van der Waals surface area (Å²) in [6.07, 6.45) is 4.44. The Bertz CT molecular complexity index is 628. The highest BCUT2D eigenvalue weighted by atomic mass is 16.2. The van der Waals surface area contributed by atoms with Crippen molar-refractivity contribution in [2.75, 3.05) is 6.54 Å². The van der Waals surface area contributed by atoms with Gasteiger partial charge in [0.25, 0.3) is 0 Å². The molecule has 3 rings (SSSR count). The molecule has 110 valence electrons. The van der Waals surface area contributed by atoms with Gasteiger partial charge in [0.05, 0.1) is 0 Å². The number of nitrogens with one attached hydrogen (secondary N) is 2. The molecule has 2 bridgehead atoms. The number of allylic oxidation sites excluding steroid dienone is 3. The van der Waals surface area contributed by atoms with Crippen LogP contribution in [0.4, 0.5) is 4.79 Å². The molecule has 1 aliphatic carbocycles. The van der Waals surface area contributed by atoms with Crippen molar-refractivity contribution < 1.29 is 4.79 Å². The highest BCUT2D eigenvalue weighted by Crippen LogP contribution is 2.35. The van der Waals surface area contributed by atoms with Crippen LogP contribution in [0.1, 0.15) is 37.8 Å². The summed E-state index contributed by atoms with van der Waals surface area (Å²) in [5.74, 6) is 1.17. The third-order valence-corrected chi connectivity index (χ3v) is 4.49. The molecule has 0 radical (unpaired) electrons. The number of benzene rings is 1. The van der Waals surface area contributed by atoms with E-state index in [9.17, 15) is 4.79 Å². The number of hydrogen-bond acceptors (Lipinski definition) is 1. The summed E-state index contributed by atoms with van der Waals surface area (Å²) in [5, 5.41) is 5.90. The van der Waals surface area contributed by atoms with Crippen LogP contribution in [0, 0.1) is 11.8 Å². The molecule has 0 spiro atoms. The van der Waals surface area contributed by atoms with E-state index in [1.807, 2.05) is 0 Å². The van der Waals surface area contributed by atoms with Crippen LogP contribution in [0.3, 0.4) is 0 Å². The summed E-state index contributed by atoms with van der Waals surface area (Å²) in [5.41, 5.74) is 4.87. The highest BCUT2D eigenvalue weighted by Gasteiger charge is 2.29. The Morgan fingerprint density at radius 2 is 2.00 bits per heavy atom. The molecule has 3 heteroatoms. The maximum Gasteiger partial charge on any atom is 0.319 e. The molecule has 1 saturated heterocycles. The zero-order chi connectivity index (χ0) is 15.0. The Kier molecular flexibility index (Phi) is 3.58. The number of rotatable bonds is 2. The third-order valence-electron chi connectivity index (χ3n) is 4.49. The first-order valence-corrected chi connectivity index (χ1v) is 7.64. The summed E-state index contributed by atoms with van der Waals surface area (Å²) < 4.78 is 0. The molecule has 1 heterocycles. The van der Waals surface area contributed by atoms with E-state index >= 15 is 0 Å². The molecule has 1 aliphatic heterocycles. The first-order chi connectivity index (χ1) is 10.1. The van der Waals surface area contributed by atoms with E-state index in [-0.39, 0.29) is 6.03 Å². The summed E-state index contributed by atoms with van der Waals surface area (Å²) in [6.45, 7) is 7.30. The number of amides is 2. The molecule has 1 aromatic rings. The van der Waals surface area contributed by atoms with E-state index < -0.39 is 0 Å². The van der Waals surface area contributed by atoms with E-state index in [2.05, 4.69) is 67.8 Å². The lowest BCUT2D eigenvalue weighted by molar-refractivity contribution is 0.244. The summed E-state index contributed by atoms with van der Waals surface area (Å²) in [4.78, 5) is 11.7. The average Bonchev–Trinajstić information content (AvgIpc) is 2.55. The number of hydrogen-bond donors (Lipinski definition) is 2. The maximum absolute atomic E-state index is 11.7. The molecule has 0 aromatic heterocycles. The standard InChI is InChI=1S/C18H22N2O/c1-11(2)15-6-4-5-7-16(15)13-8-14-10-19-18(21)20-17(9-13)12(14)3/h4-9,11-12,14H,10H2,1-3H3,(H2,19,20,21)/t12-,14?/m1/s1. The third kappa shape index (κ3) is 2.60. The van der Waals surface area contributed by atoms with Crippen molar-refractivity contribution in [3.05, 3.63) is 53.2 Å². The number of fused-ring (bicyclic) bond motifs is 2. The molecular formula is C18H22N2O. The van der Waals surface area contributed by atoms with Gasteiger partial charge in [-0.15, -0.1) is 0 Å². The minimum absolute atomic E-state index is 0.0950. The van der Waals surface area contributed by atoms with Crippen molar-refractivity contribution in [1.82, 2.24) is 10.6 Å². The number of urea groups is 1. The fourth-order valence-electron chi connectivity index (χ4n) is 3.16. The topological polar surface area (TPSA) is 41.1 Å². The first-order valence-electron chi connectivity index (χ1n) is 7.64. The lowest BCUT2D eigenvalue weighted by Crippen LogP contribution is -2.32. The van der Waals surface area contributed by atoms with Gasteiger partial charge in [-0.25, -0.2) is 4.79 Å². The highest BCUT2D eigenvalue weighted by molar-refractivity contribution is 5.82. The van der Waals surface area contributed by atoms with Crippen molar-refractivity contribution in [2.24, 2.45) is 11.8 Å². The summed E-state index contributed by atoms with van der Waals surface area (Å²) in [7, 11) is 0. The van der Waals surface area contributed by atoms with Crippen molar-refractivity contribution >= 4 is 11.6 Å². The van der Waals surface area contributed by atoms with Gasteiger partial charge >= 0.3 is 6.03 Å². The normalized spacial score (nSPS) is 24.7. The van der Waals surface area contributed by atoms with Gasteiger partial charge < -0.3 is 10.6 Å². The van der Waals surface area contributed by atoms with E-state index in [1.165, 1.54) is 16.7 Å². The minimum Gasteiger partial charge on any atom is -0.337 e. The lowest BCUT2D eigenvalue weighted by atomic mass is 9.81. The molecular weight excluding hydrogens is 260 g/mol. The number of carbonyl (C=O) groups is 1. The van der Waals surface area contributed by atoms with Gasteiger partial charge in [0.2, 0.25) is 0 Å². The van der Waals surface area contributed by atoms with Gasteiger partial charge in [0.15, 0.2) is 0 Å². The fourth-order valence-corrected chi connectivity index (χ4v) is 3.16. The minimum atomic E-state index is -0.0950. The Labute approximate surface area is 126 Å². The molecule has 3 nitrogen and oxygen atoms in total. The molecule has 2 amide bonds. The zero-order valence-electron chi connectivity index (χ0n) is 12.8. The van der Waals surface area contributed by atoms with Crippen LogP contribution >= 0.6 is 0 Å². The van der Waals surface area contributed by atoms with Gasteiger partial charge in [0, 0.05) is 24.1 Å². The lowest BCUT2D eigenvalue weighted by Gasteiger charge is -2.26. The van der Waals surface area contributed by atoms with E-state index in [4.69, 9.17) is 0 Å². The van der Waals surface area contributed by atoms with Crippen LogP contribution in [0.5, 0.6) is 0 Å². The summed E-state index contributed by atoms with van der Waals surface area (Å²) in [6, 6.07) is 8.45. The maximum atomic E-state index is 11.7. The van der Waals surface area contributed by atoms with Crippen molar-refractivity contribution in [3.63, 3.8) is 0 Å². The van der Waals surface area contributed by atoms with Crippen molar-refractivity contribution in [3.8, 4) is 0 Å². The Hall–Kier alpha value is -2.03. The molecule has 1 aromatic carbocycles. The van der Waals surface area contributed by atoms with Crippen LogP contribution < -0.4 is 10.6 Å². The fraction of sp³-hybridized carbons (Fsp3) is 0.389. The quantitative estimate of drug-likeness (QED) is 0.854. The number of carbonyl (C=O) groups excluding carboxylic acids is 1. The van der Waals surface area contributed by atoms with E-state index in [1.54, 1.807) is 0 Å². The van der Waals surface area contributed by atoms with Crippen LogP contribution in [-0.2, 0) is 0 Å². The van der Waals surface area contributed by atoms with Crippen LogP contribution in [-0.4, -0.2) is 12.6 Å². The van der Waals surface area contributed by atoms with E-state index in [0.29, 0.717) is 24.3 Å². The Morgan fingerprint density at radius 3 is 2.76 bits per heavy atom. The monoisotopic (exact) mass is 282 g/mol. The molecule has 2 aliphatic rings. The average molecular weight is 282 g/mol. The van der Waals surface area contributed by atoms with Crippen LogP contribution in [0.2, 0.25) is 0 Å². The van der Waals surface area contributed by atoms with Crippen LogP contribution in [0.25, 0.3) is 5.57 Å².